The number of nitrogens with one attached hydrogen (secondary N) is 1. The molecule has 0 radical (unpaired) electrons. The molecule has 0 fully saturated rings. The predicted molar refractivity (Wildman–Crippen MR) is 63.7 cm³/mol. The highest BCUT2D eigenvalue weighted by Gasteiger charge is 2.11. The Balaban J connectivity index is 2.19. The molecule has 4 nitrogen and oxygen atoms in total. The summed E-state index contributed by atoms with van der Waals surface area (Å²) in [7, 11) is 1.56. The first-order valence-electron chi connectivity index (χ1n) is 5.53. The van der Waals surface area contributed by atoms with Crippen molar-refractivity contribution in [3.63, 3.8) is 0 Å². The number of methoxy groups -OCH3 is 1. The molecule has 0 atom stereocenters. The van der Waals surface area contributed by atoms with E-state index in [4.69, 9.17) is 4.74 Å². The summed E-state index contributed by atoms with van der Waals surface area (Å²) in [5, 5.41) is 2.72. The second-order valence-corrected chi connectivity index (χ2v) is 3.82. The van der Waals surface area contributed by atoms with E-state index < -0.39 is 17.5 Å². The van der Waals surface area contributed by atoms with Gasteiger partial charge in [0.25, 0.3) is 0 Å². The third-order valence-corrected chi connectivity index (χ3v) is 2.49. The van der Waals surface area contributed by atoms with Gasteiger partial charge in [0.15, 0.2) is 17.5 Å². The summed E-state index contributed by atoms with van der Waals surface area (Å²) in [5.41, 5.74) is 0.0845. The molecule has 0 saturated carbocycles. The van der Waals surface area contributed by atoms with Crippen LogP contribution in [0.25, 0.3) is 0 Å². The van der Waals surface area contributed by atoms with Crippen LogP contribution in [0.2, 0.25) is 0 Å². The Hall–Kier alpha value is -2.02. The molecule has 19 heavy (non-hydrogen) atoms. The lowest BCUT2D eigenvalue weighted by Crippen LogP contribution is -2.07. The van der Waals surface area contributed by atoms with Gasteiger partial charge >= 0.3 is 0 Å². The van der Waals surface area contributed by atoms with E-state index in [1.54, 1.807) is 17.9 Å². The minimum Gasteiger partial charge on any atom is -0.383 e. The topological polar surface area (TPSA) is 39.1 Å². The highest BCUT2D eigenvalue weighted by Crippen LogP contribution is 2.20. The van der Waals surface area contributed by atoms with Crippen LogP contribution in [0.1, 0.15) is 0 Å². The number of anilines is 2. The van der Waals surface area contributed by atoms with Gasteiger partial charge in [0.2, 0.25) is 5.95 Å². The summed E-state index contributed by atoms with van der Waals surface area (Å²) < 4.78 is 45.6. The van der Waals surface area contributed by atoms with Crippen molar-refractivity contribution in [1.82, 2.24) is 9.55 Å². The predicted octanol–water partition coefficient (Wildman–Crippen LogP) is 2.69. The van der Waals surface area contributed by atoms with Gasteiger partial charge in [0.05, 0.1) is 6.61 Å². The number of rotatable bonds is 5. The average Bonchev–Trinajstić information content (AvgIpc) is 2.80. The molecule has 0 aliphatic carbocycles. The van der Waals surface area contributed by atoms with E-state index in [-0.39, 0.29) is 5.69 Å². The van der Waals surface area contributed by atoms with Crippen LogP contribution in [0.5, 0.6) is 0 Å². The maximum atomic E-state index is 13.1. The molecule has 2 aromatic rings. The van der Waals surface area contributed by atoms with E-state index in [0.29, 0.717) is 19.1 Å². The van der Waals surface area contributed by atoms with Gasteiger partial charge < -0.3 is 14.6 Å². The van der Waals surface area contributed by atoms with E-state index >= 15 is 0 Å². The summed E-state index contributed by atoms with van der Waals surface area (Å²) in [6.07, 6.45) is 3.23. The van der Waals surface area contributed by atoms with E-state index in [2.05, 4.69) is 10.3 Å². The lowest BCUT2D eigenvalue weighted by Gasteiger charge is -2.10. The van der Waals surface area contributed by atoms with Crippen molar-refractivity contribution in [2.75, 3.05) is 19.0 Å². The van der Waals surface area contributed by atoms with Crippen LogP contribution >= 0.6 is 0 Å². The number of hydrogen-bond acceptors (Lipinski definition) is 3. The van der Waals surface area contributed by atoms with E-state index in [1.807, 2.05) is 0 Å². The maximum absolute atomic E-state index is 13.1. The maximum Gasteiger partial charge on any atom is 0.207 e. The Kier molecular flexibility index (Phi) is 4.06. The zero-order chi connectivity index (χ0) is 13.8. The Bertz CT molecular complexity index is 548. The minimum atomic E-state index is -1.49. The smallest absolute Gasteiger partial charge is 0.207 e. The molecular formula is C12H12F3N3O. The zero-order valence-electron chi connectivity index (χ0n) is 10.2. The highest BCUT2D eigenvalue weighted by atomic mass is 19.2. The summed E-state index contributed by atoms with van der Waals surface area (Å²) in [6.45, 7) is 1.00. The second-order valence-electron chi connectivity index (χ2n) is 3.82. The van der Waals surface area contributed by atoms with Crippen LogP contribution in [0.3, 0.4) is 0 Å². The van der Waals surface area contributed by atoms with Crippen LogP contribution < -0.4 is 5.32 Å². The molecule has 1 N–H and O–H groups in total. The van der Waals surface area contributed by atoms with Crippen molar-refractivity contribution in [2.24, 2.45) is 0 Å². The van der Waals surface area contributed by atoms with Crippen LogP contribution in [0, 0.1) is 17.5 Å². The number of imidazole rings is 1. The molecule has 2 rings (SSSR count). The number of halogens is 3. The van der Waals surface area contributed by atoms with Gasteiger partial charge in [-0.05, 0) is 0 Å². The molecule has 102 valence electrons. The number of benzene rings is 1. The van der Waals surface area contributed by atoms with Crippen molar-refractivity contribution in [2.45, 2.75) is 6.54 Å². The first-order valence-corrected chi connectivity index (χ1v) is 5.53. The number of nitrogens with zero attached hydrogens (tertiary/aromatic N) is 2. The van der Waals surface area contributed by atoms with Crippen molar-refractivity contribution >= 4 is 11.6 Å². The molecule has 1 aromatic carbocycles. The number of hydrogen-bond donors (Lipinski definition) is 1. The summed E-state index contributed by atoms with van der Waals surface area (Å²) in [4.78, 5) is 4.00. The molecule has 0 aliphatic rings. The van der Waals surface area contributed by atoms with Crippen molar-refractivity contribution in [3.8, 4) is 0 Å². The van der Waals surface area contributed by atoms with Crippen LogP contribution in [0.4, 0.5) is 24.8 Å². The summed E-state index contributed by atoms with van der Waals surface area (Å²) in [6, 6.07) is 1.74. The van der Waals surface area contributed by atoms with Crippen molar-refractivity contribution in [3.05, 3.63) is 42.0 Å². The molecule has 7 heteroatoms. The van der Waals surface area contributed by atoms with Crippen LogP contribution in [-0.4, -0.2) is 23.3 Å². The molecule has 1 heterocycles. The Labute approximate surface area is 107 Å². The van der Waals surface area contributed by atoms with Gasteiger partial charge in [-0.3, -0.25) is 0 Å². The zero-order valence-corrected chi connectivity index (χ0v) is 10.2. The standard InChI is InChI=1S/C12H12F3N3O/c1-19-5-4-18-3-2-16-12(18)17-8-6-9(13)11(15)10(14)7-8/h2-3,6-7H,4-5H2,1H3,(H,16,17). The Morgan fingerprint density at radius 2 is 1.95 bits per heavy atom. The molecular weight excluding hydrogens is 259 g/mol. The summed E-state index contributed by atoms with van der Waals surface area (Å²) in [5.74, 6) is -3.61. The molecule has 0 saturated heterocycles. The van der Waals surface area contributed by atoms with Gasteiger partial charge in [-0.25, -0.2) is 18.2 Å². The number of ether oxygens (including phenoxy) is 1. The lowest BCUT2D eigenvalue weighted by atomic mass is 10.3. The largest absolute Gasteiger partial charge is 0.383 e. The molecule has 0 bridgehead atoms. The average molecular weight is 271 g/mol. The molecule has 1 aromatic heterocycles. The molecule has 0 spiro atoms. The molecule has 0 amide bonds. The van der Waals surface area contributed by atoms with Gasteiger partial charge in [-0.1, -0.05) is 0 Å². The third kappa shape index (κ3) is 3.05. The quantitative estimate of drug-likeness (QED) is 0.850. The van der Waals surface area contributed by atoms with Crippen molar-refractivity contribution in [1.29, 1.82) is 0 Å². The molecule has 0 aliphatic heterocycles. The third-order valence-electron chi connectivity index (χ3n) is 2.49. The number of aromatic nitrogens is 2. The first-order chi connectivity index (χ1) is 9.11. The van der Waals surface area contributed by atoms with E-state index in [0.717, 1.165) is 12.1 Å². The van der Waals surface area contributed by atoms with E-state index in [9.17, 15) is 13.2 Å². The normalized spacial score (nSPS) is 10.7. The van der Waals surface area contributed by atoms with Crippen LogP contribution in [-0.2, 0) is 11.3 Å². The fourth-order valence-electron chi connectivity index (χ4n) is 1.56. The lowest BCUT2D eigenvalue weighted by molar-refractivity contribution is 0.188. The first kappa shape index (κ1) is 13.4. The Morgan fingerprint density at radius 3 is 2.58 bits per heavy atom. The fraction of sp³-hybridized carbons (Fsp3) is 0.250. The van der Waals surface area contributed by atoms with Crippen LogP contribution in [0.15, 0.2) is 24.5 Å². The van der Waals surface area contributed by atoms with Gasteiger partial charge in [0.1, 0.15) is 0 Å². The Morgan fingerprint density at radius 1 is 1.26 bits per heavy atom. The minimum absolute atomic E-state index is 0.0845. The monoisotopic (exact) mass is 271 g/mol. The SMILES string of the molecule is COCCn1ccnc1Nc1cc(F)c(F)c(F)c1. The van der Waals surface area contributed by atoms with Gasteiger partial charge in [-0.2, -0.15) is 0 Å². The second kappa shape index (κ2) is 5.75. The van der Waals surface area contributed by atoms with Gasteiger partial charge in [-0.15, -0.1) is 0 Å². The fourth-order valence-corrected chi connectivity index (χ4v) is 1.56. The summed E-state index contributed by atoms with van der Waals surface area (Å²) >= 11 is 0. The molecule has 0 unspecified atom stereocenters. The van der Waals surface area contributed by atoms with Crippen molar-refractivity contribution < 1.29 is 17.9 Å². The van der Waals surface area contributed by atoms with Gasteiger partial charge in [0, 0.05) is 43.9 Å². The van der Waals surface area contributed by atoms with E-state index in [1.165, 1.54) is 6.20 Å². The highest BCUT2D eigenvalue weighted by molar-refractivity contribution is 5.53.